The molecule has 0 saturated heterocycles. The maximum atomic E-state index is 11.4. The minimum Gasteiger partial charge on any atom is -0.481 e. The summed E-state index contributed by atoms with van der Waals surface area (Å²) in [5.41, 5.74) is 2.65. The van der Waals surface area contributed by atoms with Crippen LogP contribution < -0.4 is 0 Å². The number of nitrogens with zero attached hydrogens (tertiary/aromatic N) is 1. The summed E-state index contributed by atoms with van der Waals surface area (Å²) in [6.07, 6.45) is 2.12. The highest BCUT2D eigenvalue weighted by Gasteiger charge is 2.21. The van der Waals surface area contributed by atoms with Crippen molar-refractivity contribution in [3.05, 3.63) is 65.5 Å². The average molecular weight is 241 g/mol. The molecule has 0 amide bonds. The Balaban J connectivity index is 2.27. The van der Waals surface area contributed by atoms with Gasteiger partial charge >= 0.3 is 5.97 Å². The topological polar surface area (TPSA) is 50.2 Å². The fraction of sp³-hybridized carbons (Fsp3) is 0.200. The quantitative estimate of drug-likeness (QED) is 0.895. The number of carbonyl (C=O) groups is 1. The maximum absolute atomic E-state index is 11.4. The van der Waals surface area contributed by atoms with Gasteiger partial charge in [-0.15, -0.1) is 0 Å². The van der Waals surface area contributed by atoms with Crippen LogP contribution in [0.3, 0.4) is 0 Å². The van der Waals surface area contributed by atoms with E-state index in [0.29, 0.717) is 12.1 Å². The van der Waals surface area contributed by atoms with Crippen molar-refractivity contribution in [2.24, 2.45) is 0 Å². The van der Waals surface area contributed by atoms with Crippen LogP contribution in [0.15, 0.2) is 48.7 Å². The van der Waals surface area contributed by atoms with Gasteiger partial charge in [-0.2, -0.15) is 0 Å². The minimum atomic E-state index is -0.836. The van der Waals surface area contributed by atoms with E-state index in [1.165, 1.54) is 0 Å². The molecule has 0 fully saturated rings. The van der Waals surface area contributed by atoms with Gasteiger partial charge in [0.05, 0.1) is 5.69 Å². The smallest absolute Gasteiger partial charge is 0.312 e. The lowest BCUT2D eigenvalue weighted by Crippen LogP contribution is -2.16. The molecule has 0 spiro atoms. The number of aryl methyl sites for hydroxylation is 1. The van der Waals surface area contributed by atoms with E-state index in [-0.39, 0.29) is 0 Å². The number of carboxylic acids is 1. The summed E-state index contributed by atoms with van der Waals surface area (Å²) in [7, 11) is 0. The van der Waals surface area contributed by atoms with Crippen molar-refractivity contribution in [3.8, 4) is 0 Å². The average Bonchev–Trinajstić information content (AvgIpc) is 2.37. The summed E-state index contributed by atoms with van der Waals surface area (Å²) in [4.78, 5) is 15.6. The van der Waals surface area contributed by atoms with Crippen LogP contribution >= 0.6 is 0 Å². The van der Waals surface area contributed by atoms with Crippen molar-refractivity contribution in [3.63, 3.8) is 0 Å². The van der Waals surface area contributed by atoms with Gasteiger partial charge in [0.2, 0.25) is 0 Å². The molecule has 2 rings (SSSR count). The van der Waals surface area contributed by atoms with Crippen molar-refractivity contribution in [2.75, 3.05) is 0 Å². The molecule has 0 radical (unpaired) electrons. The summed E-state index contributed by atoms with van der Waals surface area (Å²) in [5.74, 6) is -1.43. The summed E-state index contributed by atoms with van der Waals surface area (Å²) < 4.78 is 0. The second kappa shape index (κ2) is 5.45. The van der Waals surface area contributed by atoms with Gasteiger partial charge in [-0.1, -0.05) is 30.3 Å². The molecule has 0 saturated carbocycles. The number of hydrogen-bond acceptors (Lipinski definition) is 2. The van der Waals surface area contributed by atoms with Gasteiger partial charge < -0.3 is 5.11 Å². The molecule has 1 heterocycles. The third-order valence-corrected chi connectivity index (χ3v) is 2.87. The Morgan fingerprint density at radius 3 is 2.61 bits per heavy atom. The standard InChI is InChI=1S/C15H15NO2/c1-11-7-8-16-14(9-11)13(15(17)18)10-12-5-3-2-4-6-12/h2-9,13H,10H2,1H3,(H,17,18). The van der Waals surface area contributed by atoms with Crippen molar-refractivity contribution < 1.29 is 9.90 Å². The van der Waals surface area contributed by atoms with E-state index in [1.807, 2.05) is 49.4 Å². The number of pyridine rings is 1. The Morgan fingerprint density at radius 1 is 1.28 bits per heavy atom. The van der Waals surface area contributed by atoms with E-state index in [1.54, 1.807) is 6.20 Å². The van der Waals surface area contributed by atoms with Crippen LogP contribution in [-0.2, 0) is 11.2 Å². The van der Waals surface area contributed by atoms with E-state index in [2.05, 4.69) is 4.98 Å². The SMILES string of the molecule is Cc1ccnc(C(Cc2ccccc2)C(=O)O)c1. The zero-order valence-electron chi connectivity index (χ0n) is 10.2. The van der Waals surface area contributed by atoms with Crippen LogP contribution in [0.5, 0.6) is 0 Å². The Bertz CT molecular complexity index is 537. The molecule has 3 nitrogen and oxygen atoms in total. The first-order valence-electron chi connectivity index (χ1n) is 5.86. The zero-order chi connectivity index (χ0) is 13.0. The van der Waals surface area contributed by atoms with Gasteiger partial charge in [-0.05, 0) is 36.6 Å². The van der Waals surface area contributed by atoms with E-state index in [0.717, 1.165) is 11.1 Å². The first-order valence-corrected chi connectivity index (χ1v) is 5.86. The van der Waals surface area contributed by atoms with Crippen molar-refractivity contribution in [2.45, 2.75) is 19.3 Å². The van der Waals surface area contributed by atoms with Crippen LogP contribution in [-0.4, -0.2) is 16.1 Å². The second-order valence-electron chi connectivity index (χ2n) is 4.34. The molecule has 1 atom stereocenters. The summed E-state index contributed by atoms with van der Waals surface area (Å²) in [5, 5.41) is 9.34. The fourth-order valence-electron chi connectivity index (χ4n) is 1.92. The van der Waals surface area contributed by atoms with Crippen LogP contribution in [0, 0.1) is 6.92 Å². The van der Waals surface area contributed by atoms with Crippen LogP contribution in [0.2, 0.25) is 0 Å². The second-order valence-corrected chi connectivity index (χ2v) is 4.34. The highest BCUT2D eigenvalue weighted by atomic mass is 16.4. The monoisotopic (exact) mass is 241 g/mol. The van der Waals surface area contributed by atoms with Crippen LogP contribution in [0.1, 0.15) is 22.7 Å². The third-order valence-electron chi connectivity index (χ3n) is 2.87. The third kappa shape index (κ3) is 2.94. The largest absolute Gasteiger partial charge is 0.481 e. The van der Waals surface area contributed by atoms with Crippen LogP contribution in [0.4, 0.5) is 0 Å². The van der Waals surface area contributed by atoms with Gasteiger partial charge in [0.25, 0.3) is 0 Å². The Kier molecular flexibility index (Phi) is 3.72. The van der Waals surface area contributed by atoms with E-state index in [4.69, 9.17) is 0 Å². The van der Waals surface area contributed by atoms with Gasteiger partial charge in [0.1, 0.15) is 5.92 Å². The van der Waals surface area contributed by atoms with E-state index >= 15 is 0 Å². The lowest BCUT2D eigenvalue weighted by Gasteiger charge is -2.12. The number of hydrogen-bond donors (Lipinski definition) is 1. The van der Waals surface area contributed by atoms with Gasteiger partial charge in [-0.25, -0.2) is 0 Å². The molecule has 0 aliphatic heterocycles. The van der Waals surface area contributed by atoms with E-state index < -0.39 is 11.9 Å². The summed E-state index contributed by atoms with van der Waals surface area (Å²) >= 11 is 0. The number of aromatic nitrogens is 1. The molecule has 1 aromatic carbocycles. The molecule has 2 aromatic rings. The lowest BCUT2D eigenvalue weighted by molar-refractivity contribution is -0.138. The first kappa shape index (κ1) is 12.3. The van der Waals surface area contributed by atoms with Crippen molar-refractivity contribution in [1.29, 1.82) is 0 Å². The summed E-state index contributed by atoms with van der Waals surface area (Å²) in [6.45, 7) is 1.94. The van der Waals surface area contributed by atoms with Gasteiger partial charge in [-0.3, -0.25) is 9.78 Å². The van der Waals surface area contributed by atoms with Gasteiger partial charge in [0.15, 0.2) is 0 Å². The fourth-order valence-corrected chi connectivity index (χ4v) is 1.92. The molecule has 0 aliphatic rings. The normalized spacial score (nSPS) is 12.1. The summed E-state index contributed by atoms with van der Waals surface area (Å²) in [6, 6.07) is 13.3. The van der Waals surface area contributed by atoms with Gasteiger partial charge in [0, 0.05) is 6.20 Å². The number of rotatable bonds is 4. The minimum absolute atomic E-state index is 0.465. The Morgan fingerprint density at radius 2 is 2.00 bits per heavy atom. The predicted octanol–water partition coefficient (Wildman–Crippen LogP) is 2.80. The maximum Gasteiger partial charge on any atom is 0.312 e. The Hall–Kier alpha value is -2.16. The molecular weight excluding hydrogens is 226 g/mol. The first-order chi connectivity index (χ1) is 8.66. The highest BCUT2D eigenvalue weighted by molar-refractivity contribution is 5.75. The molecule has 1 unspecified atom stereocenters. The van der Waals surface area contributed by atoms with E-state index in [9.17, 15) is 9.90 Å². The van der Waals surface area contributed by atoms with Crippen molar-refractivity contribution in [1.82, 2.24) is 4.98 Å². The molecule has 92 valence electrons. The lowest BCUT2D eigenvalue weighted by atomic mass is 9.95. The molecule has 0 bridgehead atoms. The highest BCUT2D eigenvalue weighted by Crippen LogP contribution is 2.20. The Labute approximate surface area is 106 Å². The molecule has 0 aliphatic carbocycles. The molecule has 18 heavy (non-hydrogen) atoms. The molecule has 3 heteroatoms. The number of carboxylic acid groups (broad SMARTS) is 1. The molecule has 1 N–H and O–H groups in total. The zero-order valence-corrected chi connectivity index (χ0v) is 10.2. The predicted molar refractivity (Wildman–Crippen MR) is 69.5 cm³/mol. The molecular formula is C15H15NO2. The number of benzene rings is 1. The van der Waals surface area contributed by atoms with Crippen LogP contribution in [0.25, 0.3) is 0 Å². The van der Waals surface area contributed by atoms with Crippen molar-refractivity contribution >= 4 is 5.97 Å². The molecule has 1 aromatic heterocycles. The number of aliphatic carboxylic acids is 1.